The Morgan fingerprint density at radius 1 is 1.19 bits per heavy atom. The fourth-order valence-corrected chi connectivity index (χ4v) is 4.20. The van der Waals surface area contributed by atoms with Crippen molar-refractivity contribution >= 4 is 41.7 Å². The normalized spacial score (nSPS) is 19.8. The number of likely N-dealkylation sites (N-methyl/N-ethyl adjacent to an activating group) is 1. The third kappa shape index (κ3) is 3.58. The highest BCUT2D eigenvalue weighted by Crippen LogP contribution is 2.31. The number of halogens is 2. The van der Waals surface area contributed by atoms with Gasteiger partial charge >= 0.3 is 0 Å². The summed E-state index contributed by atoms with van der Waals surface area (Å²) in [6.07, 6.45) is 2.19. The number of piperazine rings is 1. The second-order valence-corrected chi connectivity index (χ2v) is 7.20. The summed E-state index contributed by atoms with van der Waals surface area (Å²) in [6.45, 7) is 6.49. The lowest BCUT2D eigenvalue weighted by molar-refractivity contribution is -0.000938. The quantitative estimate of drug-likeness (QED) is 0.800. The van der Waals surface area contributed by atoms with Crippen molar-refractivity contribution < 1.29 is 9.21 Å². The monoisotopic (exact) mass is 399 g/mol. The van der Waals surface area contributed by atoms with Crippen LogP contribution in [0.25, 0.3) is 11.0 Å². The van der Waals surface area contributed by atoms with Gasteiger partial charge in [0.25, 0.3) is 5.91 Å². The van der Waals surface area contributed by atoms with E-state index in [2.05, 4.69) is 17.3 Å². The number of nitrogens with zero attached hydrogens (tertiary/aromatic N) is 2. The van der Waals surface area contributed by atoms with Crippen molar-refractivity contribution in [2.45, 2.75) is 25.3 Å². The summed E-state index contributed by atoms with van der Waals surface area (Å²) >= 11 is 0. The molecule has 0 bridgehead atoms. The number of rotatable bonds is 1. The van der Waals surface area contributed by atoms with Gasteiger partial charge in [0.2, 0.25) is 0 Å². The Labute approximate surface area is 166 Å². The van der Waals surface area contributed by atoms with E-state index in [1.54, 1.807) is 0 Å². The molecule has 0 aliphatic carbocycles. The lowest BCUT2D eigenvalue weighted by Gasteiger charge is -2.51. The van der Waals surface area contributed by atoms with Crippen LogP contribution in [-0.4, -0.2) is 61.0 Å². The zero-order valence-electron chi connectivity index (χ0n) is 15.3. The molecule has 2 fully saturated rings. The molecule has 5 nitrogen and oxygen atoms in total. The Hall–Kier alpha value is -1.27. The minimum Gasteiger partial charge on any atom is -0.461 e. The summed E-state index contributed by atoms with van der Waals surface area (Å²) < 4.78 is 5.80. The van der Waals surface area contributed by atoms with E-state index in [9.17, 15) is 4.79 Å². The van der Waals surface area contributed by atoms with Crippen molar-refractivity contribution in [3.05, 3.63) is 35.6 Å². The Balaban J connectivity index is 0.00000121. The molecule has 1 spiro atoms. The molecule has 2 aliphatic heterocycles. The smallest absolute Gasteiger partial charge is 0.257 e. The summed E-state index contributed by atoms with van der Waals surface area (Å²) in [5.74, 6) is 0.944. The van der Waals surface area contributed by atoms with E-state index >= 15 is 0 Å². The number of carbonyl (C=O) groups excluding carboxylic acids is 1. The first kappa shape index (κ1) is 21.0. The molecular weight excluding hydrogens is 373 g/mol. The average Bonchev–Trinajstić information content (AvgIpc) is 2.98. The summed E-state index contributed by atoms with van der Waals surface area (Å²) in [7, 11) is 2.20. The minimum atomic E-state index is 0. The van der Waals surface area contributed by atoms with Gasteiger partial charge in [0.05, 0.1) is 5.56 Å². The maximum atomic E-state index is 13.2. The van der Waals surface area contributed by atoms with E-state index < -0.39 is 0 Å². The van der Waals surface area contributed by atoms with Crippen LogP contribution < -0.4 is 5.32 Å². The number of piperidine rings is 1. The van der Waals surface area contributed by atoms with Gasteiger partial charge in [-0.05, 0) is 52.0 Å². The van der Waals surface area contributed by atoms with Gasteiger partial charge in [0.15, 0.2) is 0 Å². The molecule has 1 amide bonds. The Morgan fingerprint density at radius 2 is 1.92 bits per heavy atom. The van der Waals surface area contributed by atoms with Crippen LogP contribution in [-0.2, 0) is 0 Å². The number of aryl methyl sites for hydroxylation is 1. The van der Waals surface area contributed by atoms with E-state index in [-0.39, 0.29) is 36.3 Å². The first-order valence-corrected chi connectivity index (χ1v) is 8.79. The first-order chi connectivity index (χ1) is 11.6. The molecule has 4 rings (SSSR count). The van der Waals surface area contributed by atoms with Crippen molar-refractivity contribution in [3.8, 4) is 0 Å². The summed E-state index contributed by atoms with van der Waals surface area (Å²) in [5.41, 5.74) is 1.53. The van der Waals surface area contributed by atoms with Gasteiger partial charge in [-0.1, -0.05) is 12.1 Å². The van der Waals surface area contributed by atoms with Gasteiger partial charge in [-0.15, -0.1) is 24.8 Å². The second-order valence-electron chi connectivity index (χ2n) is 7.20. The highest BCUT2D eigenvalue weighted by molar-refractivity contribution is 6.05. The first-order valence-electron chi connectivity index (χ1n) is 8.79. The largest absolute Gasteiger partial charge is 0.461 e. The molecule has 0 unspecified atom stereocenters. The zero-order valence-corrected chi connectivity index (χ0v) is 16.9. The molecule has 26 heavy (non-hydrogen) atoms. The third-order valence-corrected chi connectivity index (χ3v) is 5.72. The van der Waals surface area contributed by atoms with Crippen LogP contribution in [0.1, 0.15) is 29.0 Å². The molecule has 144 valence electrons. The number of furan rings is 1. The number of hydrogen-bond acceptors (Lipinski definition) is 4. The van der Waals surface area contributed by atoms with Crippen LogP contribution in [0, 0.1) is 6.92 Å². The standard InChI is InChI=1S/C19H25N3O2.2ClH/c1-14-12-15-4-3-5-16(17(15)24-14)18(23)22-11-10-21(2)19(13-22)6-8-20-9-7-19;;/h3-5,12,20H,6-11,13H2,1-2H3;2*1H. The summed E-state index contributed by atoms with van der Waals surface area (Å²) in [6, 6.07) is 7.83. The van der Waals surface area contributed by atoms with Crippen LogP contribution in [0.4, 0.5) is 0 Å². The van der Waals surface area contributed by atoms with Crippen LogP contribution >= 0.6 is 24.8 Å². The molecule has 3 heterocycles. The van der Waals surface area contributed by atoms with E-state index in [1.807, 2.05) is 36.1 Å². The Bertz CT molecular complexity index is 771. The van der Waals surface area contributed by atoms with Gasteiger partial charge in [-0.2, -0.15) is 0 Å². The number of hydrogen-bond donors (Lipinski definition) is 1. The van der Waals surface area contributed by atoms with Crippen molar-refractivity contribution in [2.75, 3.05) is 39.8 Å². The molecule has 7 heteroatoms. The van der Waals surface area contributed by atoms with Gasteiger partial charge in [-0.25, -0.2) is 0 Å². The predicted octanol–water partition coefficient (Wildman–Crippen LogP) is 3.09. The summed E-state index contributed by atoms with van der Waals surface area (Å²) in [5, 5.41) is 4.44. The molecule has 0 atom stereocenters. The van der Waals surface area contributed by atoms with Crippen molar-refractivity contribution in [1.82, 2.24) is 15.1 Å². The predicted molar refractivity (Wildman–Crippen MR) is 109 cm³/mol. The van der Waals surface area contributed by atoms with Crippen molar-refractivity contribution in [3.63, 3.8) is 0 Å². The number of carbonyl (C=O) groups is 1. The van der Waals surface area contributed by atoms with Crippen molar-refractivity contribution in [1.29, 1.82) is 0 Å². The zero-order chi connectivity index (χ0) is 16.7. The van der Waals surface area contributed by atoms with Crippen molar-refractivity contribution in [2.24, 2.45) is 0 Å². The fourth-order valence-electron chi connectivity index (χ4n) is 4.20. The maximum absolute atomic E-state index is 13.2. The average molecular weight is 400 g/mol. The lowest BCUT2D eigenvalue weighted by Crippen LogP contribution is -2.64. The van der Waals surface area contributed by atoms with Crippen LogP contribution in [0.2, 0.25) is 0 Å². The Morgan fingerprint density at radius 3 is 2.65 bits per heavy atom. The summed E-state index contributed by atoms with van der Waals surface area (Å²) in [4.78, 5) is 17.7. The number of para-hydroxylation sites is 1. The molecule has 2 aromatic rings. The molecule has 1 aromatic carbocycles. The Kier molecular flexibility index (Phi) is 6.61. The topological polar surface area (TPSA) is 48.7 Å². The molecule has 2 aliphatic rings. The number of amides is 1. The van der Waals surface area contributed by atoms with E-state index in [0.717, 1.165) is 62.3 Å². The lowest BCUT2D eigenvalue weighted by atomic mass is 9.84. The molecule has 2 saturated heterocycles. The van der Waals surface area contributed by atoms with E-state index in [4.69, 9.17) is 4.42 Å². The molecule has 0 saturated carbocycles. The van der Waals surface area contributed by atoms with Crippen LogP contribution in [0.5, 0.6) is 0 Å². The second kappa shape index (κ2) is 8.17. The van der Waals surface area contributed by atoms with Crippen LogP contribution in [0.15, 0.2) is 28.7 Å². The van der Waals surface area contributed by atoms with Crippen LogP contribution in [0.3, 0.4) is 0 Å². The van der Waals surface area contributed by atoms with E-state index in [1.165, 1.54) is 0 Å². The number of benzene rings is 1. The third-order valence-electron chi connectivity index (χ3n) is 5.72. The number of fused-ring (bicyclic) bond motifs is 1. The van der Waals surface area contributed by atoms with Gasteiger partial charge in [0, 0.05) is 30.6 Å². The maximum Gasteiger partial charge on any atom is 0.257 e. The van der Waals surface area contributed by atoms with E-state index in [0.29, 0.717) is 5.56 Å². The highest BCUT2D eigenvalue weighted by Gasteiger charge is 2.42. The van der Waals surface area contributed by atoms with Gasteiger partial charge in [-0.3, -0.25) is 9.69 Å². The molecular formula is C19H27Cl2N3O2. The van der Waals surface area contributed by atoms with Gasteiger partial charge in [0.1, 0.15) is 11.3 Å². The molecule has 1 N–H and O–H groups in total. The molecule has 1 aromatic heterocycles. The molecule has 0 radical (unpaired) electrons. The number of nitrogens with one attached hydrogen (secondary N) is 1. The highest BCUT2D eigenvalue weighted by atomic mass is 35.5. The SMILES string of the molecule is Cc1cc2cccc(C(=O)N3CCN(C)C4(CCNCC4)C3)c2o1.Cl.Cl. The minimum absolute atomic E-state index is 0. The van der Waals surface area contributed by atoms with Gasteiger partial charge < -0.3 is 14.6 Å². The fraction of sp³-hybridized carbons (Fsp3) is 0.526.